The van der Waals surface area contributed by atoms with Crippen LogP contribution in [-0.2, 0) is 21.3 Å². The zero-order valence-corrected chi connectivity index (χ0v) is 21.3. The number of hydrogen-bond donors (Lipinski definition) is 2. The summed E-state index contributed by atoms with van der Waals surface area (Å²) in [7, 11) is -1.95. The number of sulfonamides is 1. The van der Waals surface area contributed by atoms with Gasteiger partial charge in [0.2, 0.25) is 10.0 Å². The zero-order chi connectivity index (χ0) is 25.6. The van der Waals surface area contributed by atoms with E-state index in [1.54, 1.807) is 37.7 Å². The van der Waals surface area contributed by atoms with Crippen LogP contribution in [-0.4, -0.2) is 50.0 Å². The highest BCUT2D eigenvalue weighted by Gasteiger charge is 2.45. The monoisotopic (exact) mass is 511 g/mol. The van der Waals surface area contributed by atoms with Crippen LogP contribution in [0.5, 0.6) is 0 Å². The van der Waals surface area contributed by atoms with Gasteiger partial charge in [-0.25, -0.2) is 13.2 Å². The summed E-state index contributed by atoms with van der Waals surface area (Å²) in [6, 6.07) is 12.0. The quantitative estimate of drug-likeness (QED) is 0.581. The first-order valence-electron chi connectivity index (χ1n) is 12.3. The van der Waals surface area contributed by atoms with Crippen molar-refractivity contribution in [1.82, 2.24) is 14.6 Å². The Morgan fingerprint density at radius 1 is 1.17 bits per heavy atom. The number of carbonyl (C=O) groups excluding carboxylic acids is 1. The lowest BCUT2D eigenvalue weighted by atomic mass is 9.64. The molecular weight excluding hydrogens is 478 g/mol. The number of piperidine rings is 1. The first-order valence-corrected chi connectivity index (χ1v) is 13.8. The Hall–Kier alpha value is -3.00. The summed E-state index contributed by atoms with van der Waals surface area (Å²) in [5, 5.41) is 15.5. The number of benzene rings is 1. The molecule has 192 valence electrons. The molecule has 36 heavy (non-hydrogen) atoms. The first kappa shape index (κ1) is 26.1. The molecule has 0 atom stereocenters. The molecule has 1 saturated carbocycles. The van der Waals surface area contributed by atoms with Gasteiger partial charge in [-0.15, -0.1) is 0 Å². The average molecular weight is 512 g/mol. The Bertz CT molecular complexity index is 1170. The van der Waals surface area contributed by atoms with Gasteiger partial charge >= 0.3 is 6.03 Å². The smallest absolute Gasteiger partial charge is 0.319 e. The summed E-state index contributed by atoms with van der Waals surface area (Å²) in [6.07, 6.45) is 8.49. The number of aromatic nitrogens is 1. The van der Waals surface area contributed by atoms with E-state index in [1.807, 2.05) is 6.07 Å². The van der Waals surface area contributed by atoms with Gasteiger partial charge in [0.15, 0.2) is 0 Å². The first-order chi connectivity index (χ1) is 17.4. The number of anilines is 1. The lowest BCUT2D eigenvalue weighted by Crippen LogP contribution is -2.46. The molecule has 1 aromatic heterocycles. The number of nitrogens with one attached hydrogen (secondary N) is 2. The van der Waals surface area contributed by atoms with E-state index in [0.29, 0.717) is 38.2 Å². The minimum Gasteiger partial charge on any atom is -0.381 e. The Morgan fingerprint density at radius 2 is 1.86 bits per heavy atom. The maximum Gasteiger partial charge on any atom is 0.319 e. The molecule has 0 spiro atoms. The van der Waals surface area contributed by atoms with Crippen molar-refractivity contribution in [3.05, 3.63) is 54.4 Å². The number of nitriles is 1. The Labute approximate surface area is 212 Å². The Balaban J connectivity index is 1.32. The van der Waals surface area contributed by atoms with Crippen molar-refractivity contribution in [2.45, 2.75) is 56.1 Å². The van der Waals surface area contributed by atoms with Crippen molar-refractivity contribution in [2.24, 2.45) is 11.3 Å². The van der Waals surface area contributed by atoms with Crippen LogP contribution in [0.15, 0.2) is 53.7 Å². The largest absolute Gasteiger partial charge is 0.381 e. The molecule has 2 amide bonds. The molecule has 9 nitrogen and oxygen atoms in total. The molecule has 2 fully saturated rings. The summed E-state index contributed by atoms with van der Waals surface area (Å²) in [5.74, 6) is 0.286. The third-order valence-corrected chi connectivity index (χ3v) is 9.47. The van der Waals surface area contributed by atoms with Gasteiger partial charge in [0.05, 0.1) is 22.5 Å². The number of urea groups is 1. The second-order valence-corrected chi connectivity index (χ2v) is 11.5. The minimum absolute atomic E-state index is 0.175. The molecule has 1 aliphatic heterocycles. The van der Waals surface area contributed by atoms with Crippen LogP contribution in [0.25, 0.3) is 0 Å². The van der Waals surface area contributed by atoms with Crippen molar-refractivity contribution < 1.29 is 17.9 Å². The summed E-state index contributed by atoms with van der Waals surface area (Å²) < 4.78 is 33.5. The van der Waals surface area contributed by atoms with Crippen LogP contribution in [0.2, 0.25) is 0 Å². The van der Waals surface area contributed by atoms with E-state index >= 15 is 0 Å². The number of rotatable bonds is 7. The van der Waals surface area contributed by atoms with Gasteiger partial charge in [-0.05, 0) is 80.3 Å². The van der Waals surface area contributed by atoms with Crippen LogP contribution < -0.4 is 10.6 Å². The van der Waals surface area contributed by atoms with E-state index in [-0.39, 0.29) is 16.9 Å². The number of hydrogen-bond acceptors (Lipinski definition) is 6. The summed E-state index contributed by atoms with van der Waals surface area (Å²) in [5.41, 5.74) is 0.895. The van der Waals surface area contributed by atoms with Gasteiger partial charge in [0.1, 0.15) is 0 Å². The highest BCUT2D eigenvalue weighted by molar-refractivity contribution is 7.89. The molecular formula is C26H33N5O4S. The molecule has 0 unspecified atom stereocenters. The fraction of sp³-hybridized carbons (Fsp3) is 0.500. The lowest BCUT2D eigenvalue weighted by molar-refractivity contribution is 0.0234. The molecule has 1 aliphatic carbocycles. The second-order valence-electron chi connectivity index (χ2n) is 9.57. The van der Waals surface area contributed by atoms with Gasteiger partial charge in [-0.1, -0.05) is 6.07 Å². The molecule has 4 rings (SSSR count). The highest BCUT2D eigenvalue weighted by Crippen LogP contribution is 2.46. The summed E-state index contributed by atoms with van der Waals surface area (Å²) in [4.78, 5) is 16.3. The molecule has 2 heterocycles. The standard InChI is InChI=1S/C26H33N5O4S/c1-35-23-8-4-21(5-9-23)26(19-27)12-15-31(16-13-26)36(33,34)24-10-6-22(7-11-24)30-25(32)29-18-20-3-2-14-28-17-20/h2-3,6-7,10-11,14,17,21,23H,4-5,8-9,12-13,15-16,18H2,1H3,(H2,29,30,32). The van der Waals surface area contributed by atoms with E-state index in [9.17, 15) is 18.5 Å². The summed E-state index contributed by atoms with van der Waals surface area (Å²) in [6.45, 7) is 0.993. The lowest BCUT2D eigenvalue weighted by Gasteiger charge is -2.44. The normalized spacial score (nSPS) is 22.3. The van der Waals surface area contributed by atoms with Crippen LogP contribution >= 0.6 is 0 Å². The van der Waals surface area contributed by atoms with Crippen LogP contribution in [0.3, 0.4) is 0 Å². The molecule has 1 saturated heterocycles. The van der Waals surface area contributed by atoms with E-state index in [4.69, 9.17) is 4.74 Å². The van der Waals surface area contributed by atoms with Crippen molar-refractivity contribution in [1.29, 1.82) is 5.26 Å². The van der Waals surface area contributed by atoms with Gasteiger partial charge in [-0.3, -0.25) is 4.98 Å². The van der Waals surface area contributed by atoms with Crippen molar-refractivity contribution in [3.63, 3.8) is 0 Å². The molecule has 2 aromatic rings. The molecule has 2 N–H and O–H groups in total. The third-order valence-electron chi connectivity index (χ3n) is 7.55. The average Bonchev–Trinajstić information content (AvgIpc) is 2.93. The third kappa shape index (κ3) is 5.86. The molecule has 2 aliphatic rings. The molecule has 10 heteroatoms. The van der Waals surface area contributed by atoms with Crippen molar-refractivity contribution in [3.8, 4) is 6.07 Å². The van der Waals surface area contributed by atoms with Crippen molar-refractivity contribution in [2.75, 3.05) is 25.5 Å². The number of carbonyl (C=O) groups is 1. The predicted molar refractivity (Wildman–Crippen MR) is 135 cm³/mol. The molecule has 0 radical (unpaired) electrons. The van der Waals surface area contributed by atoms with E-state index in [0.717, 1.165) is 31.2 Å². The Morgan fingerprint density at radius 3 is 2.44 bits per heavy atom. The van der Waals surface area contributed by atoms with Crippen LogP contribution in [0.1, 0.15) is 44.1 Å². The minimum atomic E-state index is -3.69. The molecule has 0 bridgehead atoms. The predicted octanol–water partition coefficient (Wildman–Crippen LogP) is 3.90. The Kier molecular flexibility index (Phi) is 8.24. The maximum atomic E-state index is 13.3. The maximum absolute atomic E-state index is 13.3. The SMILES string of the molecule is COC1CCC(C2(C#N)CCN(S(=O)(=O)c3ccc(NC(=O)NCc4cccnc4)cc3)CC2)CC1. The van der Waals surface area contributed by atoms with E-state index in [2.05, 4.69) is 21.7 Å². The van der Waals surface area contributed by atoms with Gasteiger partial charge in [-0.2, -0.15) is 9.57 Å². The fourth-order valence-electron chi connectivity index (χ4n) is 5.31. The van der Waals surface area contributed by atoms with Gasteiger partial charge < -0.3 is 15.4 Å². The topological polar surface area (TPSA) is 124 Å². The number of ether oxygens (including phenoxy) is 1. The zero-order valence-electron chi connectivity index (χ0n) is 20.5. The van der Waals surface area contributed by atoms with E-state index < -0.39 is 21.5 Å². The second kappa shape index (κ2) is 11.4. The van der Waals surface area contributed by atoms with Crippen LogP contribution in [0, 0.1) is 22.7 Å². The number of pyridine rings is 1. The number of methoxy groups -OCH3 is 1. The number of amides is 2. The van der Waals surface area contributed by atoms with Gasteiger partial charge in [0, 0.05) is 44.8 Å². The fourth-order valence-corrected chi connectivity index (χ4v) is 6.75. The molecule has 1 aromatic carbocycles. The van der Waals surface area contributed by atoms with Gasteiger partial charge in [0.25, 0.3) is 0 Å². The van der Waals surface area contributed by atoms with Crippen LogP contribution in [0.4, 0.5) is 10.5 Å². The number of nitrogens with zero attached hydrogens (tertiary/aromatic N) is 3. The van der Waals surface area contributed by atoms with E-state index in [1.165, 1.54) is 16.4 Å². The highest BCUT2D eigenvalue weighted by atomic mass is 32.2. The summed E-state index contributed by atoms with van der Waals surface area (Å²) >= 11 is 0. The van der Waals surface area contributed by atoms with Crippen molar-refractivity contribution >= 4 is 21.7 Å².